The molecule has 1 aliphatic rings. The number of rotatable bonds is 7. The number of aromatic nitrogens is 3. The van der Waals surface area contributed by atoms with E-state index < -0.39 is 0 Å². The Bertz CT molecular complexity index is 866. The van der Waals surface area contributed by atoms with Gasteiger partial charge in [-0.3, -0.25) is 4.90 Å². The lowest BCUT2D eigenvalue weighted by molar-refractivity contribution is 0.208. The monoisotopic (exact) mass is 377 g/mol. The van der Waals surface area contributed by atoms with E-state index in [0.717, 1.165) is 30.9 Å². The fourth-order valence-corrected chi connectivity index (χ4v) is 3.89. The van der Waals surface area contributed by atoms with Gasteiger partial charge in [0, 0.05) is 30.4 Å². The van der Waals surface area contributed by atoms with Crippen LogP contribution in [0.4, 0.5) is 5.69 Å². The average Bonchev–Trinajstić information content (AvgIpc) is 3.22. The van der Waals surface area contributed by atoms with Crippen LogP contribution in [0.5, 0.6) is 5.75 Å². The van der Waals surface area contributed by atoms with Crippen LogP contribution in [0, 0.1) is 0 Å². The van der Waals surface area contributed by atoms with Gasteiger partial charge in [-0.25, -0.2) is 9.67 Å². The highest BCUT2D eigenvalue weighted by Crippen LogP contribution is 2.23. The fraction of sp³-hybridized carbons (Fsp3) is 0.364. The zero-order chi connectivity index (χ0) is 19.2. The molecule has 1 aromatic heterocycles. The zero-order valence-electron chi connectivity index (χ0n) is 16.3. The first-order chi connectivity index (χ1) is 13.8. The molecule has 2 heterocycles. The molecular formula is C22H27N5O. The van der Waals surface area contributed by atoms with Gasteiger partial charge in [-0.2, -0.15) is 5.10 Å². The summed E-state index contributed by atoms with van der Waals surface area (Å²) in [5, 5.41) is 7.89. The molecule has 1 unspecified atom stereocenters. The SMILES string of the molecule is COc1ccc(CN2CCCC(Nc3ccccc3)C2)cc1Cn1cncn1. The van der Waals surface area contributed by atoms with Crippen LogP contribution in [0.25, 0.3) is 0 Å². The molecule has 4 rings (SSSR count). The fourth-order valence-electron chi connectivity index (χ4n) is 3.89. The first-order valence-electron chi connectivity index (χ1n) is 9.82. The van der Waals surface area contributed by atoms with Crippen LogP contribution in [-0.2, 0) is 13.1 Å². The van der Waals surface area contributed by atoms with E-state index in [0.29, 0.717) is 12.6 Å². The first-order valence-corrected chi connectivity index (χ1v) is 9.82. The van der Waals surface area contributed by atoms with E-state index in [-0.39, 0.29) is 0 Å². The third kappa shape index (κ3) is 4.70. The van der Waals surface area contributed by atoms with Crippen molar-refractivity contribution in [3.05, 3.63) is 72.3 Å². The Labute approximate surface area is 166 Å². The predicted molar refractivity (Wildman–Crippen MR) is 110 cm³/mol. The minimum absolute atomic E-state index is 0.490. The summed E-state index contributed by atoms with van der Waals surface area (Å²) in [7, 11) is 1.71. The summed E-state index contributed by atoms with van der Waals surface area (Å²) in [5.74, 6) is 0.890. The van der Waals surface area contributed by atoms with Crippen molar-refractivity contribution in [2.24, 2.45) is 0 Å². The minimum Gasteiger partial charge on any atom is -0.496 e. The summed E-state index contributed by atoms with van der Waals surface area (Å²) < 4.78 is 7.36. The van der Waals surface area contributed by atoms with E-state index in [9.17, 15) is 0 Å². The van der Waals surface area contributed by atoms with E-state index in [4.69, 9.17) is 4.74 Å². The molecule has 146 valence electrons. The van der Waals surface area contributed by atoms with Crippen molar-refractivity contribution in [3.8, 4) is 5.75 Å². The summed E-state index contributed by atoms with van der Waals surface area (Å²) in [5.41, 5.74) is 3.63. The molecule has 1 saturated heterocycles. The third-order valence-electron chi connectivity index (χ3n) is 5.20. The first kappa shape index (κ1) is 18.5. The number of likely N-dealkylation sites (tertiary alicyclic amines) is 1. The molecular weight excluding hydrogens is 350 g/mol. The maximum Gasteiger partial charge on any atom is 0.137 e. The number of nitrogens with one attached hydrogen (secondary N) is 1. The summed E-state index contributed by atoms with van der Waals surface area (Å²) >= 11 is 0. The van der Waals surface area contributed by atoms with Gasteiger partial charge in [-0.15, -0.1) is 0 Å². The van der Waals surface area contributed by atoms with Gasteiger partial charge in [-0.05, 0) is 49.2 Å². The van der Waals surface area contributed by atoms with Crippen molar-refractivity contribution < 1.29 is 4.74 Å². The van der Waals surface area contributed by atoms with Gasteiger partial charge < -0.3 is 10.1 Å². The largest absolute Gasteiger partial charge is 0.496 e. The van der Waals surface area contributed by atoms with Gasteiger partial charge in [0.1, 0.15) is 18.4 Å². The second-order valence-electron chi connectivity index (χ2n) is 7.32. The average molecular weight is 377 g/mol. The highest BCUT2D eigenvalue weighted by Gasteiger charge is 2.20. The standard InChI is InChI=1S/C22H27N5O/c1-28-22-10-9-18(12-19(22)14-27-17-23-16-24-27)13-26-11-5-8-21(15-26)25-20-6-3-2-4-7-20/h2-4,6-7,9-10,12,16-17,21,25H,5,8,11,13-15H2,1H3. The third-order valence-corrected chi connectivity index (χ3v) is 5.20. The number of ether oxygens (including phenoxy) is 1. The van der Waals surface area contributed by atoms with Crippen LogP contribution < -0.4 is 10.1 Å². The number of hydrogen-bond donors (Lipinski definition) is 1. The topological polar surface area (TPSA) is 55.2 Å². The molecule has 1 atom stereocenters. The van der Waals surface area contributed by atoms with E-state index in [1.165, 1.54) is 24.1 Å². The smallest absolute Gasteiger partial charge is 0.137 e. The molecule has 0 spiro atoms. The molecule has 1 N–H and O–H groups in total. The molecule has 6 nitrogen and oxygen atoms in total. The van der Waals surface area contributed by atoms with Gasteiger partial charge in [0.25, 0.3) is 0 Å². The molecule has 0 amide bonds. The van der Waals surface area contributed by atoms with Crippen molar-refractivity contribution in [1.29, 1.82) is 0 Å². The summed E-state index contributed by atoms with van der Waals surface area (Å²) in [4.78, 5) is 6.56. The maximum atomic E-state index is 5.54. The molecule has 1 aliphatic heterocycles. The number of methoxy groups -OCH3 is 1. The van der Waals surface area contributed by atoms with Crippen LogP contribution >= 0.6 is 0 Å². The quantitative estimate of drug-likeness (QED) is 0.684. The highest BCUT2D eigenvalue weighted by molar-refractivity contribution is 5.43. The van der Waals surface area contributed by atoms with Crippen LogP contribution in [0.2, 0.25) is 0 Å². The minimum atomic E-state index is 0.490. The van der Waals surface area contributed by atoms with E-state index in [2.05, 4.69) is 68.8 Å². The summed E-state index contributed by atoms with van der Waals surface area (Å²) in [6.45, 7) is 3.80. The molecule has 0 saturated carbocycles. The van der Waals surface area contributed by atoms with Crippen LogP contribution in [-0.4, -0.2) is 45.9 Å². The Balaban J connectivity index is 1.41. The molecule has 1 fully saturated rings. The van der Waals surface area contributed by atoms with Crippen LogP contribution in [0.3, 0.4) is 0 Å². The van der Waals surface area contributed by atoms with Crippen molar-refractivity contribution in [3.63, 3.8) is 0 Å². The van der Waals surface area contributed by atoms with Crippen molar-refractivity contribution >= 4 is 5.69 Å². The molecule has 2 aromatic carbocycles. The Morgan fingerprint density at radius 2 is 2.04 bits per heavy atom. The highest BCUT2D eigenvalue weighted by atomic mass is 16.5. The number of anilines is 1. The number of piperidine rings is 1. The number of benzene rings is 2. The number of hydrogen-bond acceptors (Lipinski definition) is 5. The maximum absolute atomic E-state index is 5.54. The number of para-hydroxylation sites is 1. The normalized spacial score (nSPS) is 17.4. The lowest BCUT2D eigenvalue weighted by atomic mass is 10.0. The predicted octanol–water partition coefficient (Wildman–Crippen LogP) is 3.41. The van der Waals surface area contributed by atoms with E-state index in [1.807, 2.05) is 4.68 Å². The Kier molecular flexibility index (Phi) is 5.87. The Morgan fingerprint density at radius 1 is 1.14 bits per heavy atom. The van der Waals surface area contributed by atoms with Crippen LogP contribution in [0.15, 0.2) is 61.2 Å². The Morgan fingerprint density at radius 3 is 2.82 bits per heavy atom. The van der Waals surface area contributed by atoms with E-state index >= 15 is 0 Å². The van der Waals surface area contributed by atoms with Crippen LogP contribution in [0.1, 0.15) is 24.0 Å². The van der Waals surface area contributed by atoms with Gasteiger partial charge >= 0.3 is 0 Å². The Hall–Kier alpha value is -2.86. The second-order valence-corrected chi connectivity index (χ2v) is 7.32. The molecule has 6 heteroatoms. The molecule has 28 heavy (non-hydrogen) atoms. The zero-order valence-corrected chi connectivity index (χ0v) is 16.3. The van der Waals surface area contributed by atoms with Gasteiger partial charge in [0.15, 0.2) is 0 Å². The van der Waals surface area contributed by atoms with Crippen molar-refractivity contribution in [1.82, 2.24) is 19.7 Å². The molecule has 0 bridgehead atoms. The number of nitrogens with zero attached hydrogens (tertiary/aromatic N) is 4. The van der Waals surface area contributed by atoms with Gasteiger partial charge in [-0.1, -0.05) is 24.3 Å². The lowest BCUT2D eigenvalue weighted by Crippen LogP contribution is -2.41. The second kappa shape index (κ2) is 8.89. The molecule has 3 aromatic rings. The summed E-state index contributed by atoms with van der Waals surface area (Å²) in [6.07, 6.45) is 5.72. The molecule has 0 radical (unpaired) electrons. The van der Waals surface area contributed by atoms with Gasteiger partial charge in [0.2, 0.25) is 0 Å². The summed E-state index contributed by atoms with van der Waals surface area (Å²) in [6, 6.07) is 17.4. The van der Waals surface area contributed by atoms with Crippen molar-refractivity contribution in [2.75, 3.05) is 25.5 Å². The van der Waals surface area contributed by atoms with E-state index in [1.54, 1.807) is 19.8 Å². The molecule has 0 aliphatic carbocycles. The van der Waals surface area contributed by atoms with Crippen molar-refractivity contribution in [2.45, 2.75) is 32.0 Å². The lowest BCUT2D eigenvalue weighted by Gasteiger charge is -2.33. The van der Waals surface area contributed by atoms with Gasteiger partial charge in [0.05, 0.1) is 13.7 Å².